The van der Waals surface area contributed by atoms with E-state index < -0.39 is 139 Å². The molecule has 0 fully saturated rings. The van der Waals surface area contributed by atoms with Crippen LogP contribution in [0.4, 0.5) is 0 Å². The number of amides is 8. The first kappa shape index (κ1) is 59.4. The van der Waals surface area contributed by atoms with E-state index in [9.17, 15) is 63.0 Å². The highest BCUT2D eigenvalue weighted by atomic mass is 16.4. The van der Waals surface area contributed by atoms with Crippen molar-refractivity contribution < 1.29 is 68.1 Å². The number of primary amides is 1. The second-order valence-corrected chi connectivity index (χ2v) is 16.1. The van der Waals surface area contributed by atoms with Crippen molar-refractivity contribution in [2.24, 2.45) is 45.5 Å². The Morgan fingerprint density at radius 1 is 0.530 bits per heavy atom. The number of carboxylic acid groups (broad SMARTS) is 3. The third-order valence-electron chi connectivity index (χ3n) is 9.75. The Kier molecular flexibility index (Phi) is 27.4. The molecule has 0 radical (unpaired) electrons. The molecule has 0 aromatic rings. The van der Waals surface area contributed by atoms with Crippen molar-refractivity contribution in [3.8, 4) is 0 Å². The van der Waals surface area contributed by atoms with Crippen LogP contribution in [0.25, 0.3) is 0 Å². The molecule has 27 heteroatoms. The number of hydrogen-bond donors (Lipinski definition) is 15. The van der Waals surface area contributed by atoms with Gasteiger partial charge in [0.15, 0.2) is 5.96 Å². The maximum Gasteiger partial charge on any atom is 0.326 e. The third kappa shape index (κ3) is 23.9. The van der Waals surface area contributed by atoms with E-state index in [1.807, 2.05) is 5.32 Å². The lowest BCUT2D eigenvalue weighted by molar-refractivity contribution is -0.147. The van der Waals surface area contributed by atoms with Crippen LogP contribution in [0, 0.1) is 11.8 Å². The normalized spacial score (nSPS) is 15.0. The van der Waals surface area contributed by atoms with Crippen LogP contribution in [-0.2, 0) is 52.7 Å². The van der Waals surface area contributed by atoms with Crippen LogP contribution in [0.3, 0.4) is 0 Å². The van der Waals surface area contributed by atoms with Gasteiger partial charge in [0.2, 0.25) is 47.3 Å². The highest BCUT2D eigenvalue weighted by Gasteiger charge is 2.37. The molecule has 0 saturated carbocycles. The van der Waals surface area contributed by atoms with E-state index in [2.05, 4.69) is 36.9 Å². The molecule has 0 aliphatic heterocycles. The fourth-order valence-electron chi connectivity index (χ4n) is 6.02. The molecular weight excluding hydrogens is 875 g/mol. The largest absolute Gasteiger partial charge is 0.481 e. The molecule has 0 aromatic heterocycles. The van der Waals surface area contributed by atoms with Gasteiger partial charge in [-0.15, -0.1) is 0 Å². The highest BCUT2D eigenvalue weighted by Crippen LogP contribution is 2.13. The average molecular weight is 944 g/mol. The fourth-order valence-corrected chi connectivity index (χ4v) is 6.02. The number of carbonyl (C=O) groups is 11. The predicted molar refractivity (Wildman–Crippen MR) is 235 cm³/mol. The van der Waals surface area contributed by atoms with Gasteiger partial charge in [0.05, 0.1) is 25.3 Å². The predicted octanol–water partition coefficient (Wildman–Crippen LogP) is -5.09. The van der Waals surface area contributed by atoms with Gasteiger partial charge >= 0.3 is 17.9 Å². The van der Waals surface area contributed by atoms with Crippen LogP contribution in [0.1, 0.15) is 98.8 Å². The second kappa shape index (κ2) is 30.5. The molecule has 374 valence electrons. The lowest BCUT2D eigenvalue weighted by Gasteiger charge is -2.29. The lowest BCUT2D eigenvalue weighted by Crippen LogP contribution is -2.61. The summed E-state index contributed by atoms with van der Waals surface area (Å²) in [6.07, 6.45) is -1.86. The third-order valence-corrected chi connectivity index (χ3v) is 9.75. The summed E-state index contributed by atoms with van der Waals surface area (Å²) in [7, 11) is 0. The first-order valence-corrected chi connectivity index (χ1v) is 21.3. The van der Waals surface area contributed by atoms with E-state index >= 15 is 0 Å². The van der Waals surface area contributed by atoms with Crippen LogP contribution in [0.15, 0.2) is 4.99 Å². The molecule has 0 unspecified atom stereocenters. The number of hydrogen-bond acceptors (Lipinski definition) is 14. The highest BCUT2D eigenvalue weighted by molar-refractivity contribution is 5.99. The van der Waals surface area contributed by atoms with Gasteiger partial charge in [-0.05, 0) is 63.8 Å². The maximum absolute atomic E-state index is 13.9. The van der Waals surface area contributed by atoms with Gasteiger partial charge in [0, 0.05) is 6.54 Å². The summed E-state index contributed by atoms with van der Waals surface area (Å²) in [5, 5.41) is 44.6. The first-order chi connectivity index (χ1) is 30.7. The summed E-state index contributed by atoms with van der Waals surface area (Å²) in [5.41, 5.74) is 27.4. The molecule has 0 spiro atoms. The van der Waals surface area contributed by atoms with Gasteiger partial charge in [-0.2, -0.15) is 0 Å². The topological polar surface area (TPSA) is 475 Å². The lowest BCUT2D eigenvalue weighted by atomic mass is 9.96. The van der Waals surface area contributed by atoms with E-state index in [1.54, 1.807) is 27.7 Å². The maximum atomic E-state index is 13.9. The summed E-state index contributed by atoms with van der Waals surface area (Å²) < 4.78 is 0. The Balaban J connectivity index is 6.62. The van der Waals surface area contributed by atoms with Crippen molar-refractivity contribution in [1.82, 2.24) is 37.2 Å². The monoisotopic (exact) mass is 944 g/mol. The molecule has 8 amide bonds. The number of unbranched alkanes of at least 4 members (excludes halogenated alkanes) is 1. The summed E-state index contributed by atoms with van der Waals surface area (Å²) in [6.45, 7) is 8.24. The van der Waals surface area contributed by atoms with Crippen molar-refractivity contribution in [2.75, 3.05) is 13.1 Å². The molecule has 0 bridgehead atoms. The van der Waals surface area contributed by atoms with Crippen molar-refractivity contribution in [2.45, 2.75) is 147 Å². The number of aliphatic imine (C=N–C) groups is 1. The number of nitrogens with zero attached hydrogens (tertiary/aromatic N) is 1. The molecule has 27 nitrogen and oxygen atoms in total. The van der Waals surface area contributed by atoms with Crippen LogP contribution >= 0.6 is 0 Å². The van der Waals surface area contributed by atoms with Crippen molar-refractivity contribution in [3.63, 3.8) is 0 Å². The second-order valence-electron chi connectivity index (χ2n) is 16.1. The van der Waals surface area contributed by atoms with Gasteiger partial charge in [0.1, 0.15) is 42.3 Å². The van der Waals surface area contributed by atoms with Crippen LogP contribution in [-0.4, -0.2) is 148 Å². The van der Waals surface area contributed by atoms with E-state index in [-0.39, 0.29) is 57.1 Å². The smallest absolute Gasteiger partial charge is 0.326 e. The van der Waals surface area contributed by atoms with Crippen molar-refractivity contribution in [1.29, 1.82) is 0 Å². The Morgan fingerprint density at radius 3 is 1.42 bits per heavy atom. The molecule has 0 heterocycles. The van der Waals surface area contributed by atoms with E-state index in [1.165, 1.54) is 6.92 Å². The summed E-state index contributed by atoms with van der Waals surface area (Å²) in [4.78, 5) is 145. The Labute approximate surface area is 381 Å². The van der Waals surface area contributed by atoms with Gasteiger partial charge in [0.25, 0.3) is 0 Å². The van der Waals surface area contributed by atoms with Gasteiger partial charge in [-0.1, -0.05) is 34.1 Å². The zero-order valence-corrected chi connectivity index (χ0v) is 37.9. The summed E-state index contributed by atoms with van der Waals surface area (Å²) in [5.74, 6) is -14.2. The first-order valence-electron chi connectivity index (χ1n) is 21.3. The van der Waals surface area contributed by atoms with E-state index in [4.69, 9.17) is 33.8 Å². The van der Waals surface area contributed by atoms with E-state index in [0.29, 0.717) is 12.8 Å². The minimum absolute atomic E-state index is 0.0150. The average Bonchev–Trinajstić information content (AvgIpc) is 3.20. The van der Waals surface area contributed by atoms with Crippen LogP contribution in [0.2, 0.25) is 0 Å². The standard InChI is InChI=1S/C39H69N13O14/c1-6-19(4)30(52-33(60)21(10-7-8-12-40)47-32(59)22(46-31(58)20(5)41)11-9-13-45-39(43)44)37(64)50-25(16-28(54)55)36(63)49-24(15-27(42)53)35(62)48-23(14-18(2)3)34(61)51-26(38(65)66)17-29(56)57/h18-26,30H,6-17,40-41H2,1-5H3,(H2,42,53)(H,46,58)(H,47,59)(H,48,62)(H,49,63)(H,50,64)(H,51,61)(H,52,60)(H,54,55)(H,56,57)(H,65,66)(H4,43,44,45)/t19-,20-,21-,22-,23-,24-,25-,26-,30-/m0/s1. The number of guanidine groups is 1. The number of carbonyl (C=O) groups excluding carboxylic acids is 8. The molecule has 0 saturated heterocycles. The summed E-state index contributed by atoms with van der Waals surface area (Å²) in [6, 6.07) is -12.2. The minimum atomic E-state index is -1.96. The molecule has 20 N–H and O–H groups in total. The number of nitrogens with one attached hydrogen (secondary N) is 7. The molecule has 9 atom stereocenters. The van der Waals surface area contributed by atoms with Gasteiger partial charge in [-0.3, -0.25) is 52.9 Å². The quantitative estimate of drug-likeness (QED) is 0.0166. The fraction of sp³-hybridized carbons (Fsp3) is 0.692. The molecule has 0 aromatic carbocycles. The number of rotatable bonds is 33. The number of nitrogens with two attached hydrogens (primary N) is 5. The molecule has 0 rings (SSSR count). The van der Waals surface area contributed by atoms with Crippen LogP contribution in [0.5, 0.6) is 0 Å². The number of carboxylic acids is 3. The minimum Gasteiger partial charge on any atom is -0.481 e. The molecule has 0 aliphatic carbocycles. The number of aliphatic carboxylic acids is 3. The Morgan fingerprint density at radius 2 is 0.955 bits per heavy atom. The van der Waals surface area contributed by atoms with Crippen molar-refractivity contribution >= 4 is 71.1 Å². The Bertz CT molecular complexity index is 1740. The molecule has 66 heavy (non-hydrogen) atoms. The summed E-state index contributed by atoms with van der Waals surface area (Å²) >= 11 is 0. The van der Waals surface area contributed by atoms with Gasteiger partial charge < -0.3 is 81.2 Å². The SMILES string of the molecule is CC[C@H](C)[C@H](NC(=O)[C@H](CCCCN)NC(=O)[C@H](CCCN=C(N)N)NC(=O)[C@H](C)N)C(=O)N[C@@H](CC(=O)O)C(=O)N[C@@H](CC(N)=O)C(=O)N[C@@H](CC(C)C)C(=O)N[C@@H](CC(=O)O)C(=O)O. The van der Waals surface area contributed by atoms with Crippen molar-refractivity contribution in [3.05, 3.63) is 0 Å². The molecular formula is C39H69N13O14. The Hall–Kier alpha value is -6.64. The zero-order valence-electron chi connectivity index (χ0n) is 37.9. The molecule has 0 aliphatic rings. The van der Waals surface area contributed by atoms with Gasteiger partial charge in [-0.25, -0.2) is 4.79 Å². The van der Waals surface area contributed by atoms with Crippen LogP contribution < -0.4 is 65.9 Å². The van der Waals surface area contributed by atoms with E-state index in [0.717, 1.165) is 0 Å². The zero-order chi connectivity index (χ0) is 50.8.